The summed E-state index contributed by atoms with van der Waals surface area (Å²) < 4.78 is 5.02. The van der Waals surface area contributed by atoms with Crippen LogP contribution in [0.25, 0.3) is 0 Å². The number of ether oxygens (including phenoxy) is 1. The lowest BCUT2D eigenvalue weighted by Gasteiger charge is -2.06. The molecule has 0 aromatic rings. The zero-order valence-electron chi connectivity index (χ0n) is 5.00. The number of methoxy groups -OCH3 is 1. The second-order valence-corrected chi connectivity index (χ2v) is 1.79. The Morgan fingerprint density at radius 2 is 2.00 bits per heavy atom. The summed E-state index contributed by atoms with van der Waals surface area (Å²) in [6.45, 7) is 0. The third-order valence-corrected chi connectivity index (χ3v) is 1.20. The highest BCUT2D eigenvalue weighted by atomic mass is 16.5. The molecule has 0 aromatic heterocycles. The molecule has 0 aromatic carbocycles. The summed E-state index contributed by atoms with van der Waals surface area (Å²) in [5.41, 5.74) is 0. The molecule has 0 unspecified atom stereocenters. The maximum absolute atomic E-state index is 5.02. The molecule has 1 heteroatoms. The van der Waals surface area contributed by atoms with Crippen LogP contribution < -0.4 is 0 Å². The second kappa shape index (κ2) is 2.68. The van der Waals surface area contributed by atoms with Crippen LogP contribution in [0.15, 0.2) is 24.3 Å². The van der Waals surface area contributed by atoms with E-state index in [0.29, 0.717) is 0 Å². The van der Waals surface area contributed by atoms with Gasteiger partial charge in [0.05, 0.1) is 6.10 Å². The van der Waals surface area contributed by atoms with Crippen LogP contribution in [0.4, 0.5) is 0 Å². The van der Waals surface area contributed by atoms with E-state index in [1.807, 2.05) is 0 Å². The van der Waals surface area contributed by atoms with Crippen molar-refractivity contribution >= 4 is 0 Å². The summed E-state index contributed by atoms with van der Waals surface area (Å²) in [6, 6.07) is 0. The summed E-state index contributed by atoms with van der Waals surface area (Å²) in [5, 5.41) is 0. The maximum atomic E-state index is 5.02. The predicted octanol–water partition coefficient (Wildman–Crippen LogP) is 1.52. The predicted molar refractivity (Wildman–Crippen MR) is 33.7 cm³/mol. The summed E-state index contributed by atoms with van der Waals surface area (Å²) in [6.07, 6.45) is 9.60. The summed E-state index contributed by atoms with van der Waals surface area (Å²) in [7, 11) is 1.71. The van der Waals surface area contributed by atoms with Gasteiger partial charge in [-0.25, -0.2) is 0 Å². The van der Waals surface area contributed by atoms with Crippen LogP contribution in [0, 0.1) is 0 Å². The summed E-state index contributed by atoms with van der Waals surface area (Å²) in [4.78, 5) is 0. The third kappa shape index (κ3) is 1.20. The molecule has 0 radical (unpaired) electrons. The number of allylic oxidation sites excluding steroid dienone is 2. The van der Waals surface area contributed by atoms with Gasteiger partial charge in [-0.05, 0) is 6.42 Å². The molecule has 0 heterocycles. The van der Waals surface area contributed by atoms with Gasteiger partial charge < -0.3 is 4.74 Å². The molecule has 1 rings (SSSR count). The molecule has 0 spiro atoms. The van der Waals surface area contributed by atoms with Crippen LogP contribution >= 0.6 is 0 Å². The Bertz CT molecular complexity index is 102. The summed E-state index contributed by atoms with van der Waals surface area (Å²) in [5.74, 6) is 0. The molecule has 8 heavy (non-hydrogen) atoms. The fraction of sp³-hybridized carbons (Fsp3) is 0.429. The van der Waals surface area contributed by atoms with Crippen molar-refractivity contribution in [1.82, 2.24) is 0 Å². The van der Waals surface area contributed by atoms with E-state index in [0.717, 1.165) is 6.42 Å². The van der Waals surface area contributed by atoms with Crippen LogP contribution in [0.2, 0.25) is 0 Å². The van der Waals surface area contributed by atoms with E-state index in [-0.39, 0.29) is 6.10 Å². The Morgan fingerprint density at radius 3 is 2.38 bits per heavy atom. The minimum absolute atomic E-state index is 0.226. The van der Waals surface area contributed by atoms with Crippen molar-refractivity contribution < 1.29 is 4.74 Å². The fourth-order valence-electron chi connectivity index (χ4n) is 0.725. The van der Waals surface area contributed by atoms with E-state index in [4.69, 9.17) is 4.74 Å². The van der Waals surface area contributed by atoms with Gasteiger partial charge >= 0.3 is 0 Å². The van der Waals surface area contributed by atoms with Gasteiger partial charge in [0.1, 0.15) is 0 Å². The van der Waals surface area contributed by atoms with Crippen LogP contribution in [0.5, 0.6) is 0 Å². The molecule has 0 fully saturated rings. The van der Waals surface area contributed by atoms with Crippen LogP contribution in [0.1, 0.15) is 6.42 Å². The Hall–Kier alpha value is -0.560. The van der Waals surface area contributed by atoms with Crippen LogP contribution in [0.3, 0.4) is 0 Å². The van der Waals surface area contributed by atoms with E-state index in [2.05, 4.69) is 24.3 Å². The van der Waals surface area contributed by atoms with Gasteiger partial charge in [-0.2, -0.15) is 0 Å². The van der Waals surface area contributed by atoms with Gasteiger partial charge in [0.15, 0.2) is 0 Å². The maximum Gasteiger partial charge on any atom is 0.0933 e. The van der Waals surface area contributed by atoms with E-state index in [1.54, 1.807) is 7.11 Å². The molecule has 1 aliphatic rings. The SMILES string of the molecule is COC1C=CCC=C1. The largest absolute Gasteiger partial charge is 0.373 e. The smallest absolute Gasteiger partial charge is 0.0933 e. The average Bonchev–Trinajstić information content (AvgIpc) is 1.90. The monoisotopic (exact) mass is 110 g/mol. The Kier molecular flexibility index (Phi) is 1.86. The molecule has 0 saturated carbocycles. The van der Waals surface area contributed by atoms with Gasteiger partial charge in [0.2, 0.25) is 0 Å². The van der Waals surface area contributed by atoms with Crippen molar-refractivity contribution in [3.8, 4) is 0 Å². The zero-order valence-corrected chi connectivity index (χ0v) is 5.00. The minimum Gasteiger partial charge on any atom is -0.373 e. The first-order chi connectivity index (χ1) is 3.93. The molecule has 0 N–H and O–H groups in total. The van der Waals surface area contributed by atoms with E-state index < -0.39 is 0 Å². The first-order valence-electron chi connectivity index (χ1n) is 2.79. The first-order valence-corrected chi connectivity index (χ1v) is 2.79. The zero-order chi connectivity index (χ0) is 5.82. The normalized spacial score (nSPS) is 19.6. The molecule has 0 aliphatic heterocycles. The van der Waals surface area contributed by atoms with Gasteiger partial charge in [0, 0.05) is 7.11 Å². The lowest BCUT2D eigenvalue weighted by atomic mass is 10.2. The molecule has 1 aliphatic carbocycles. The lowest BCUT2D eigenvalue weighted by molar-refractivity contribution is 0.176. The molecule has 0 bridgehead atoms. The van der Waals surface area contributed by atoms with Crippen molar-refractivity contribution in [1.29, 1.82) is 0 Å². The fourth-order valence-corrected chi connectivity index (χ4v) is 0.725. The molecule has 0 amide bonds. The van der Waals surface area contributed by atoms with Gasteiger partial charge in [-0.3, -0.25) is 0 Å². The highest BCUT2D eigenvalue weighted by molar-refractivity contribution is 5.10. The highest BCUT2D eigenvalue weighted by Gasteiger charge is 1.96. The molecule has 44 valence electrons. The number of hydrogen-bond donors (Lipinski definition) is 0. The van der Waals surface area contributed by atoms with Gasteiger partial charge in [-0.1, -0.05) is 24.3 Å². The van der Waals surface area contributed by atoms with Crippen molar-refractivity contribution in [2.24, 2.45) is 0 Å². The second-order valence-electron chi connectivity index (χ2n) is 1.79. The Labute approximate surface area is 49.7 Å². The highest BCUT2D eigenvalue weighted by Crippen LogP contribution is 2.02. The summed E-state index contributed by atoms with van der Waals surface area (Å²) >= 11 is 0. The average molecular weight is 110 g/mol. The van der Waals surface area contributed by atoms with Crippen LogP contribution in [-0.4, -0.2) is 13.2 Å². The van der Waals surface area contributed by atoms with Crippen molar-refractivity contribution in [3.63, 3.8) is 0 Å². The third-order valence-electron chi connectivity index (χ3n) is 1.20. The number of hydrogen-bond acceptors (Lipinski definition) is 1. The van der Waals surface area contributed by atoms with Crippen LogP contribution in [-0.2, 0) is 4.74 Å². The number of rotatable bonds is 1. The molecular formula is C7H10O. The van der Waals surface area contributed by atoms with Gasteiger partial charge in [0.25, 0.3) is 0 Å². The Balaban J connectivity index is 2.42. The molecule has 1 nitrogen and oxygen atoms in total. The minimum atomic E-state index is 0.226. The first kappa shape index (κ1) is 5.57. The molecule has 0 atom stereocenters. The van der Waals surface area contributed by atoms with Crippen molar-refractivity contribution in [2.75, 3.05) is 7.11 Å². The molecular weight excluding hydrogens is 100 g/mol. The van der Waals surface area contributed by atoms with Crippen molar-refractivity contribution in [2.45, 2.75) is 12.5 Å². The van der Waals surface area contributed by atoms with E-state index in [1.165, 1.54) is 0 Å². The Morgan fingerprint density at radius 1 is 1.38 bits per heavy atom. The lowest BCUT2D eigenvalue weighted by Crippen LogP contribution is -2.03. The molecule has 0 saturated heterocycles. The topological polar surface area (TPSA) is 9.23 Å². The quantitative estimate of drug-likeness (QED) is 0.465. The van der Waals surface area contributed by atoms with E-state index in [9.17, 15) is 0 Å². The van der Waals surface area contributed by atoms with E-state index >= 15 is 0 Å². The standard InChI is InChI=1S/C7H10O/c1-8-7-5-3-2-4-6-7/h3-7H,2H2,1H3. The van der Waals surface area contributed by atoms with Crippen molar-refractivity contribution in [3.05, 3.63) is 24.3 Å². The van der Waals surface area contributed by atoms with Gasteiger partial charge in [-0.15, -0.1) is 0 Å².